The fourth-order valence-corrected chi connectivity index (χ4v) is 9.22. The molecule has 0 aliphatic heterocycles. The average molecular weight is 703 g/mol. The van der Waals surface area contributed by atoms with Crippen molar-refractivity contribution in [3.8, 4) is 39.1 Å². The zero-order valence-electron chi connectivity index (χ0n) is 30.9. The molecule has 1 aliphatic rings. The first-order chi connectivity index (χ1) is 27.0. The minimum Gasteiger partial charge on any atom is -0.310 e. The largest absolute Gasteiger partial charge is 0.310 e. The third-order valence-corrected chi connectivity index (χ3v) is 12.0. The molecule has 0 atom stereocenters. The molecule has 0 bridgehead atoms. The van der Waals surface area contributed by atoms with E-state index in [1.807, 2.05) is 0 Å². The van der Waals surface area contributed by atoms with Crippen molar-refractivity contribution in [2.24, 2.45) is 0 Å². The van der Waals surface area contributed by atoms with Gasteiger partial charge in [0.1, 0.15) is 0 Å². The van der Waals surface area contributed by atoms with Gasteiger partial charge < -0.3 is 9.47 Å². The maximum Gasteiger partial charge on any atom is 0.0547 e. The third-order valence-electron chi connectivity index (χ3n) is 12.0. The first-order valence-electron chi connectivity index (χ1n) is 19.2. The van der Waals surface area contributed by atoms with E-state index in [2.05, 4.69) is 217 Å². The Labute approximate surface area is 321 Å². The molecule has 0 spiro atoms. The summed E-state index contributed by atoms with van der Waals surface area (Å²) >= 11 is 0. The van der Waals surface area contributed by atoms with Crippen LogP contribution in [0.15, 0.2) is 194 Å². The molecular weight excluding hydrogens is 665 g/mol. The summed E-state index contributed by atoms with van der Waals surface area (Å²) in [6.07, 6.45) is 0. The predicted molar refractivity (Wildman–Crippen MR) is 233 cm³/mol. The van der Waals surface area contributed by atoms with E-state index in [4.69, 9.17) is 0 Å². The van der Waals surface area contributed by atoms with E-state index in [0.29, 0.717) is 0 Å². The number of rotatable bonds is 6. The molecule has 0 saturated carbocycles. The van der Waals surface area contributed by atoms with Crippen LogP contribution in [0.25, 0.3) is 71.6 Å². The molecule has 10 aromatic rings. The Balaban J connectivity index is 0.972. The van der Waals surface area contributed by atoms with Crippen LogP contribution in [0, 0.1) is 0 Å². The molecule has 1 heterocycles. The molecule has 0 saturated heterocycles. The van der Waals surface area contributed by atoms with Gasteiger partial charge in [0.25, 0.3) is 0 Å². The Morgan fingerprint density at radius 1 is 0.382 bits per heavy atom. The molecule has 260 valence electrons. The van der Waals surface area contributed by atoms with Gasteiger partial charge in [0, 0.05) is 38.9 Å². The Morgan fingerprint density at radius 3 is 1.47 bits per heavy atom. The Kier molecular flexibility index (Phi) is 6.93. The summed E-state index contributed by atoms with van der Waals surface area (Å²) in [6.45, 7) is 4.70. The van der Waals surface area contributed by atoms with Crippen LogP contribution in [0.4, 0.5) is 17.1 Å². The molecule has 1 aromatic heterocycles. The third kappa shape index (κ3) is 4.88. The van der Waals surface area contributed by atoms with Crippen molar-refractivity contribution in [1.29, 1.82) is 0 Å². The van der Waals surface area contributed by atoms with E-state index in [0.717, 1.165) is 17.1 Å². The summed E-state index contributed by atoms with van der Waals surface area (Å²) in [4.78, 5) is 2.40. The topological polar surface area (TPSA) is 8.17 Å². The molecule has 0 unspecified atom stereocenters. The normalized spacial score (nSPS) is 13.1. The first-order valence-corrected chi connectivity index (χ1v) is 19.2. The lowest BCUT2D eigenvalue weighted by atomic mass is 9.82. The van der Waals surface area contributed by atoms with Gasteiger partial charge in [0.15, 0.2) is 0 Å². The van der Waals surface area contributed by atoms with Gasteiger partial charge in [-0.05, 0) is 116 Å². The zero-order valence-corrected chi connectivity index (χ0v) is 30.9. The van der Waals surface area contributed by atoms with E-state index in [1.54, 1.807) is 0 Å². The fourth-order valence-electron chi connectivity index (χ4n) is 9.22. The molecule has 11 rings (SSSR count). The van der Waals surface area contributed by atoms with E-state index in [1.165, 1.54) is 82.8 Å². The standard InChI is InChI=1S/C53H38N2/c1-53(2)47-15-7-6-14-45(47)46-33-32-44(34-48(46)53)54(41-26-20-36(21-27-41)35-10-4-3-5-11-35)42-28-22-37(23-29-42)38-24-30-43(31-25-38)55-49-16-8-12-39-18-19-40-13-9-17-50(55)52(40)51(39)49/h3-34H,1-2H3. The highest BCUT2D eigenvalue weighted by molar-refractivity contribution is 6.24. The van der Waals surface area contributed by atoms with Gasteiger partial charge in [-0.2, -0.15) is 0 Å². The van der Waals surface area contributed by atoms with Crippen LogP contribution in [0.1, 0.15) is 25.0 Å². The maximum atomic E-state index is 2.41. The van der Waals surface area contributed by atoms with Gasteiger partial charge in [-0.1, -0.05) is 147 Å². The number of hydrogen-bond acceptors (Lipinski definition) is 1. The highest BCUT2D eigenvalue weighted by Crippen LogP contribution is 2.50. The van der Waals surface area contributed by atoms with E-state index in [-0.39, 0.29) is 5.41 Å². The lowest BCUT2D eigenvalue weighted by Crippen LogP contribution is -2.16. The molecule has 9 aromatic carbocycles. The lowest BCUT2D eigenvalue weighted by molar-refractivity contribution is 0.660. The Hall–Kier alpha value is -6.90. The van der Waals surface area contributed by atoms with Gasteiger partial charge in [-0.3, -0.25) is 0 Å². The SMILES string of the molecule is CC1(C)c2ccccc2-c2ccc(N(c3ccc(-c4ccccc4)cc3)c3ccc(-c4ccc(-n5c6cccc7ccc8cccc5c8c76)cc4)cc3)cc21. The summed E-state index contributed by atoms with van der Waals surface area (Å²) in [5, 5.41) is 5.25. The highest BCUT2D eigenvalue weighted by Gasteiger charge is 2.35. The number of aromatic nitrogens is 1. The predicted octanol–water partition coefficient (Wildman–Crippen LogP) is 14.5. The van der Waals surface area contributed by atoms with Gasteiger partial charge >= 0.3 is 0 Å². The van der Waals surface area contributed by atoms with E-state index in [9.17, 15) is 0 Å². The molecule has 0 fully saturated rings. The van der Waals surface area contributed by atoms with Crippen LogP contribution in [-0.4, -0.2) is 4.57 Å². The van der Waals surface area contributed by atoms with Crippen molar-refractivity contribution in [2.75, 3.05) is 4.90 Å². The minimum absolute atomic E-state index is 0.0856. The number of benzene rings is 9. The molecule has 2 nitrogen and oxygen atoms in total. The molecule has 0 amide bonds. The maximum absolute atomic E-state index is 2.41. The number of anilines is 3. The Morgan fingerprint density at radius 2 is 0.873 bits per heavy atom. The summed E-state index contributed by atoms with van der Waals surface area (Å²) in [5.74, 6) is 0. The quantitative estimate of drug-likeness (QED) is 0.157. The van der Waals surface area contributed by atoms with Crippen LogP contribution >= 0.6 is 0 Å². The van der Waals surface area contributed by atoms with Gasteiger partial charge in [-0.25, -0.2) is 0 Å². The number of fused-ring (bicyclic) bond motifs is 3. The summed E-state index contributed by atoms with van der Waals surface area (Å²) in [5.41, 5.74) is 17.2. The van der Waals surface area contributed by atoms with Gasteiger partial charge in [0.2, 0.25) is 0 Å². The second kappa shape index (κ2) is 12.1. The smallest absolute Gasteiger partial charge is 0.0547 e. The van der Waals surface area contributed by atoms with Crippen molar-refractivity contribution >= 4 is 49.6 Å². The van der Waals surface area contributed by atoms with E-state index < -0.39 is 0 Å². The zero-order chi connectivity index (χ0) is 36.7. The Bertz CT molecular complexity index is 2950. The minimum atomic E-state index is -0.0856. The molecule has 2 heteroatoms. The second-order valence-electron chi connectivity index (χ2n) is 15.4. The average Bonchev–Trinajstić information content (AvgIpc) is 3.70. The summed E-state index contributed by atoms with van der Waals surface area (Å²) in [6, 6.07) is 71.3. The molecule has 0 radical (unpaired) electrons. The number of hydrogen-bond donors (Lipinski definition) is 0. The number of nitrogens with zero attached hydrogens (tertiary/aromatic N) is 2. The van der Waals surface area contributed by atoms with Crippen molar-refractivity contribution in [3.05, 3.63) is 205 Å². The van der Waals surface area contributed by atoms with Crippen molar-refractivity contribution in [2.45, 2.75) is 19.3 Å². The van der Waals surface area contributed by atoms with Gasteiger partial charge in [-0.15, -0.1) is 0 Å². The van der Waals surface area contributed by atoms with Crippen molar-refractivity contribution in [1.82, 2.24) is 4.57 Å². The van der Waals surface area contributed by atoms with Crippen LogP contribution in [0.5, 0.6) is 0 Å². The monoisotopic (exact) mass is 702 g/mol. The van der Waals surface area contributed by atoms with Crippen molar-refractivity contribution in [3.63, 3.8) is 0 Å². The van der Waals surface area contributed by atoms with Crippen LogP contribution in [0.3, 0.4) is 0 Å². The van der Waals surface area contributed by atoms with Crippen molar-refractivity contribution < 1.29 is 0 Å². The summed E-state index contributed by atoms with van der Waals surface area (Å²) in [7, 11) is 0. The van der Waals surface area contributed by atoms with Crippen LogP contribution in [0.2, 0.25) is 0 Å². The lowest BCUT2D eigenvalue weighted by Gasteiger charge is -2.28. The molecule has 0 N–H and O–H groups in total. The van der Waals surface area contributed by atoms with E-state index >= 15 is 0 Å². The van der Waals surface area contributed by atoms with Crippen LogP contribution < -0.4 is 4.90 Å². The second-order valence-corrected chi connectivity index (χ2v) is 15.4. The fraction of sp³-hybridized carbons (Fsp3) is 0.0566. The molecule has 1 aliphatic carbocycles. The van der Waals surface area contributed by atoms with Gasteiger partial charge in [0.05, 0.1) is 11.0 Å². The summed E-state index contributed by atoms with van der Waals surface area (Å²) < 4.78 is 2.41. The highest BCUT2D eigenvalue weighted by atomic mass is 15.1. The molecule has 55 heavy (non-hydrogen) atoms. The molecular formula is C53H38N2. The van der Waals surface area contributed by atoms with Crippen LogP contribution in [-0.2, 0) is 5.41 Å². The first kappa shape index (κ1) is 31.6.